The summed E-state index contributed by atoms with van der Waals surface area (Å²) in [4.78, 5) is 4.21. The third-order valence-corrected chi connectivity index (χ3v) is 4.02. The molecule has 4 rings (SSSR count). The Morgan fingerprint density at radius 2 is 1.79 bits per heavy atom. The lowest BCUT2D eigenvalue weighted by Gasteiger charge is -2.38. The molecular formula is C19H15F2NO2. The molecule has 24 heavy (non-hydrogen) atoms. The fourth-order valence-electron chi connectivity index (χ4n) is 2.99. The Hall–Kier alpha value is -2.53. The van der Waals surface area contributed by atoms with Crippen molar-refractivity contribution in [2.45, 2.75) is 25.7 Å². The molecule has 3 aromatic rings. The Kier molecular flexibility index (Phi) is 3.28. The van der Waals surface area contributed by atoms with E-state index in [1.54, 1.807) is 44.3 Å². The van der Waals surface area contributed by atoms with Crippen molar-refractivity contribution in [2.24, 2.45) is 0 Å². The zero-order valence-corrected chi connectivity index (χ0v) is 13.2. The Morgan fingerprint density at radius 1 is 1.04 bits per heavy atom. The lowest BCUT2D eigenvalue weighted by Crippen LogP contribution is -2.38. The minimum absolute atomic E-state index is 0.179. The van der Waals surface area contributed by atoms with Gasteiger partial charge in [0.25, 0.3) is 0 Å². The summed E-state index contributed by atoms with van der Waals surface area (Å²) >= 11 is 0. The summed E-state index contributed by atoms with van der Waals surface area (Å²) in [5, 5.41) is 0.665. The second kappa shape index (κ2) is 5.24. The number of aromatic nitrogens is 1. The lowest BCUT2D eigenvalue weighted by molar-refractivity contribution is -0.197. The third kappa shape index (κ3) is 2.41. The van der Waals surface area contributed by atoms with Gasteiger partial charge in [0.15, 0.2) is 11.6 Å². The van der Waals surface area contributed by atoms with Gasteiger partial charge in [-0.15, -0.1) is 0 Å². The van der Waals surface area contributed by atoms with E-state index in [9.17, 15) is 8.78 Å². The predicted octanol–water partition coefficient (Wildman–Crippen LogP) is 4.75. The average molecular weight is 327 g/mol. The zero-order valence-electron chi connectivity index (χ0n) is 13.2. The van der Waals surface area contributed by atoms with Crippen molar-refractivity contribution in [3.8, 4) is 5.75 Å². The van der Waals surface area contributed by atoms with Crippen LogP contribution in [0.1, 0.15) is 31.1 Å². The molecule has 0 spiro atoms. The average Bonchev–Trinajstić information content (AvgIpc) is 2.54. The van der Waals surface area contributed by atoms with Gasteiger partial charge in [-0.2, -0.15) is 0 Å². The molecule has 0 N–H and O–H groups in total. The highest BCUT2D eigenvalue weighted by molar-refractivity contribution is 5.79. The van der Waals surface area contributed by atoms with Crippen LogP contribution in [0.2, 0.25) is 0 Å². The summed E-state index contributed by atoms with van der Waals surface area (Å²) in [6, 6.07) is 11.3. The highest BCUT2D eigenvalue weighted by atomic mass is 19.1. The fourth-order valence-corrected chi connectivity index (χ4v) is 2.99. The van der Waals surface area contributed by atoms with E-state index in [2.05, 4.69) is 4.98 Å². The van der Waals surface area contributed by atoms with Crippen LogP contribution in [0.3, 0.4) is 0 Å². The van der Waals surface area contributed by atoms with Crippen LogP contribution in [-0.2, 0) is 4.74 Å². The molecule has 1 aliphatic heterocycles. The minimum Gasteiger partial charge on any atom is -0.459 e. The first-order valence-electron chi connectivity index (χ1n) is 7.64. The van der Waals surface area contributed by atoms with E-state index in [1.807, 2.05) is 6.07 Å². The van der Waals surface area contributed by atoms with E-state index in [0.717, 1.165) is 5.56 Å². The molecule has 2 heterocycles. The van der Waals surface area contributed by atoms with Crippen molar-refractivity contribution in [3.05, 3.63) is 71.4 Å². The molecule has 1 atom stereocenters. The van der Waals surface area contributed by atoms with Gasteiger partial charge in [-0.05, 0) is 18.2 Å². The first-order chi connectivity index (χ1) is 11.4. The molecular weight excluding hydrogens is 312 g/mol. The van der Waals surface area contributed by atoms with Crippen molar-refractivity contribution in [1.82, 2.24) is 4.98 Å². The van der Waals surface area contributed by atoms with Gasteiger partial charge in [0.2, 0.25) is 5.79 Å². The number of rotatable bonds is 1. The van der Waals surface area contributed by atoms with Crippen molar-refractivity contribution in [3.63, 3.8) is 0 Å². The zero-order chi connectivity index (χ0) is 16.9. The van der Waals surface area contributed by atoms with E-state index in [1.165, 1.54) is 12.1 Å². The number of benzene rings is 2. The van der Waals surface area contributed by atoms with Crippen LogP contribution in [0.5, 0.6) is 5.75 Å². The van der Waals surface area contributed by atoms with Gasteiger partial charge >= 0.3 is 0 Å². The molecule has 2 aromatic carbocycles. The van der Waals surface area contributed by atoms with Gasteiger partial charge in [0.1, 0.15) is 17.4 Å². The highest BCUT2D eigenvalue weighted by Gasteiger charge is 2.37. The van der Waals surface area contributed by atoms with Crippen LogP contribution in [0, 0.1) is 11.6 Å². The Morgan fingerprint density at radius 3 is 2.62 bits per heavy atom. The number of pyridine rings is 1. The molecule has 0 saturated heterocycles. The molecule has 0 radical (unpaired) electrons. The summed E-state index contributed by atoms with van der Waals surface area (Å²) < 4.78 is 39.6. The maximum Gasteiger partial charge on any atom is 0.206 e. The fraction of sp³-hybridized carbons (Fsp3) is 0.211. The highest BCUT2D eigenvalue weighted by Crippen LogP contribution is 2.43. The van der Waals surface area contributed by atoms with Crippen LogP contribution >= 0.6 is 0 Å². The number of fused-ring (bicyclic) bond motifs is 2. The second-order valence-electron chi connectivity index (χ2n) is 6.24. The maximum atomic E-state index is 14.2. The molecule has 0 bridgehead atoms. The third-order valence-electron chi connectivity index (χ3n) is 4.02. The molecule has 0 amide bonds. The molecule has 1 unspecified atom stereocenters. The molecule has 3 nitrogen and oxygen atoms in total. The quantitative estimate of drug-likeness (QED) is 0.646. The molecule has 1 aromatic heterocycles. The van der Waals surface area contributed by atoms with Crippen molar-refractivity contribution >= 4 is 10.9 Å². The van der Waals surface area contributed by atoms with Crippen LogP contribution in [0.25, 0.3) is 10.9 Å². The van der Waals surface area contributed by atoms with Gasteiger partial charge in [-0.1, -0.05) is 24.3 Å². The molecule has 122 valence electrons. The summed E-state index contributed by atoms with van der Waals surface area (Å²) in [6.07, 6.45) is 1.02. The van der Waals surface area contributed by atoms with Gasteiger partial charge < -0.3 is 9.47 Å². The van der Waals surface area contributed by atoms with Gasteiger partial charge in [0.05, 0.1) is 0 Å². The number of hydrogen-bond acceptors (Lipinski definition) is 3. The number of hydrogen-bond donors (Lipinski definition) is 0. The van der Waals surface area contributed by atoms with Crippen molar-refractivity contribution in [2.75, 3.05) is 0 Å². The first-order valence-corrected chi connectivity index (χ1v) is 7.64. The summed E-state index contributed by atoms with van der Waals surface area (Å²) in [5.41, 5.74) is 1.61. The van der Waals surface area contributed by atoms with E-state index >= 15 is 0 Å². The van der Waals surface area contributed by atoms with Crippen LogP contribution in [-0.4, -0.2) is 10.8 Å². The Labute approximate surface area is 137 Å². The predicted molar refractivity (Wildman–Crippen MR) is 85.7 cm³/mol. The number of nitrogens with zero attached hydrogens (tertiary/aromatic N) is 1. The second-order valence-corrected chi connectivity index (χ2v) is 6.24. The van der Waals surface area contributed by atoms with Crippen molar-refractivity contribution in [1.29, 1.82) is 0 Å². The number of halogens is 2. The normalized spacial score (nSPS) is 18.9. The SMILES string of the molecule is CC1(C)Oc2c(F)cccc2C(c2cnc3c(F)cccc3c2)O1. The largest absolute Gasteiger partial charge is 0.459 e. The van der Waals surface area contributed by atoms with Crippen LogP contribution in [0.4, 0.5) is 8.78 Å². The van der Waals surface area contributed by atoms with Gasteiger partial charge in [0, 0.05) is 36.6 Å². The number of ether oxygens (including phenoxy) is 2. The summed E-state index contributed by atoms with van der Waals surface area (Å²) in [5.74, 6) is -1.62. The van der Waals surface area contributed by atoms with Crippen LogP contribution in [0.15, 0.2) is 48.7 Å². The van der Waals surface area contributed by atoms with E-state index in [-0.39, 0.29) is 11.6 Å². The van der Waals surface area contributed by atoms with E-state index in [0.29, 0.717) is 16.5 Å². The van der Waals surface area contributed by atoms with Crippen LogP contribution < -0.4 is 4.74 Å². The molecule has 1 aliphatic rings. The first kappa shape index (κ1) is 15.0. The van der Waals surface area contributed by atoms with Crippen molar-refractivity contribution < 1.29 is 18.3 Å². The number of para-hydroxylation sites is 2. The Balaban J connectivity index is 1.89. The monoisotopic (exact) mass is 327 g/mol. The lowest BCUT2D eigenvalue weighted by atomic mass is 9.98. The smallest absolute Gasteiger partial charge is 0.206 e. The molecule has 5 heteroatoms. The summed E-state index contributed by atoms with van der Waals surface area (Å²) in [6.45, 7) is 3.45. The molecule has 0 saturated carbocycles. The molecule has 0 aliphatic carbocycles. The standard InChI is InChI=1S/C19H15F2NO2/c1-19(2)23-17(13-6-4-8-15(21)18(13)24-19)12-9-11-5-3-7-14(20)16(11)22-10-12/h3-10,17H,1-2H3. The minimum atomic E-state index is -0.989. The topological polar surface area (TPSA) is 31.4 Å². The maximum absolute atomic E-state index is 14.2. The van der Waals surface area contributed by atoms with Gasteiger partial charge in [-0.25, -0.2) is 8.78 Å². The van der Waals surface area contributed by atoms with E-state index < -0.39 is 17.7 Å². The summed E-state index contributed by atoms with van der Waals surface area (Å²) in [7, 11) is 0. The Bertz CT molecular complexity index is 940. The molecule has 0 fully saturated rings. The van der Waals surface area contributed by atoms with E-state index in [4.69, 9.17) is 9.47 Å². The van der Waals surface area contributed by atoms with Gasteiger partial charge in [-0.3, -0.25) is 4.98 Å².